The molecule has 0 atom stereocenters. The first-order valence-corrected chi connectivity index (χ1v) is 8.47. The molecule has 1 saturated heterocycles. The van der Waals surface area contributed by atoms with E-state index < -0.39 is 0 Å². The van der Waals surface area contributed by atoms with Crippen LogP contribution in [0.25, 0.3) is 0 Å². The summed E-state index contributed by atoms with van der Waals surface area (Å²) in [6.07, 6.45) is 9.07. The average Bonchev–Trinajstić information content (AvgIpc) is 2.84. The number of carbonyl (C=O) groups is 1. The summed E-state index contributed by atoms with van der Waals surface area (Å²) in [5.74, 6) is 1.75. The number of nitrogens with zero attached hydrogens (tertiary/aromatic N) is 3. The third-order valence-corrected chi connectivity index (χ3v) is 4.78. The Morgan fingerprint density at radius 3 is 2.48 bits per heavy atom. The molecule has 0 aromatic carbocycles. The summed E-state index contributed by atoms with van der Waals surface area (Å²) in [4.78, 5) is 20.0. The van der Waals surface area contributed by atoms with Crippen molar-refractivity contribution in [2.45, 2.75) is 51.9 Å². The first-order chi connectivity index (χ1) is 10.2. The van der Waals surface area contributed by atoms with E-state index in [0.29, 0.717) is 5.96 Å². The number of aliphatic imine (C=N–C) groups is 1. The second kappa shape index (κ2) is 8.25. The highest BCUT2D eigenvalue weighted by Crippen LogP contribution is 2.28. The van der Waals surface area contributed by atoms with Crippen LogP contribution in [0.4, 0.5) is 0 Å². The molecule has 0 bridgehead atoms. The van der Waals surface area contributed by atoms with Gasteiger partial charge in [-0.3, -0.25) is 9.79 Å². The van der Waals surface area contributed by atoms with Gasteiger partial charge in [0.05, 0.1) is 0 Å². The van der Waals surface area contributed by atoms with Gasteiger partial charge in [0.15, 0.2) is 5.96 Å². The van der Waals surface area contributed by atoms with Crippen molar-refractivity contribution in [3.05, 3.63) is 0 Å². The molecule has 1 heterocycles. The van der Waals surface area contributed by atoms with E-state index in [4.69, 9.17) is 5.73 Å². The highest BCUT2D eigenvalue weighted by molar-refractivity contribution is 5.78. The molecule has 0 aromatic rings. The van der Waals surface area contributed by atoms with Gasteiger partial charge in [0.25, 0.3) is 0 Å². The molecule has 21 heavy (non-hydrogen) atoms. The number of nitrogens with two attached hydrogens (primary N) is 1. The van der Waals surface area contributed by atoms with Crippen LogP contribution >= 0.6 is 0 Å². The smallest absolute Gasteiger partial charge is 0.219 e. The normalized spacial score (nSPS) is 21.7. The van der Waals surface area contributed by atoms with Gasteiger partial charge in [-0.15, -0.1) is 0 Å². The van der Waals surface area contributed by atoms with Crippen LogP contribution in [0.15, 0.2) is 4.99 Å². The Morgan fingerprint density at radius 2 is 1.76 bits per heavy atom. The maximum atomic E-state index is 11.4. The first-order valence-electron chi connectivity index (χ1n) is 8.47. The largest absolute Gasteiger partial charge is 0.370 e. The highest BCUT2D eigenvalue weighted by Gasteiger charge is 2.17. The van der Waals surface area contributed by atoms with Gasteiger partial charge in [-0.25, -0.2) is 0 Å². The topological polar surface area (TPSA) is 61.9 Å². The summed E-state index contributed by atoms with van der Waals surface area (Å²) in [6, 6.07) is 0. The van der Waals surface area contributed by atoms with Crippen LogP contribution < -0.4 is 5.73 Å². The Bertz CT molecular complexity index is 363. The Labute approximate surface area is 128 Å². The van der Waals surface area contributed by atoms with Crippen LogP contribution in [0.5, 0.6) is 0 Å². The molecule has 5 nitrogen and oxygen atoms in total. The number of hydrogen-bond donors (Lipinski definition) is 1. The monoisotopic (exact) mass is 294 g/mol. The number of hydrogen-bond acceptors (Lipinski definition) is 2. The predicted octanol–water partition coefficient (Wildman–Crippen LogP) is 1.83. The summed E-state index contributed by atoms with van der Waals surface area (Å²) in [5.41, 5.74) is 6.11. The molecule has 2 rings (SSSR count). The molecule has 0 radical (unpaired) electrons. The molecule has 5 heteroatoms. The van der Waals surface area contributed by atoms with E-state index in [1.807, 2.05) is 4.90 Å². The van der Waals surface area contributed by atoms with Crippen LogP contribution in [0.1, 0.15) is 51.9 Å². The number of rotatable bonds is 4. The molecule has 2 aliphatic rings. The first kappa shape index (κ1) is 16.1. The van der Waals surface area contributed by atoms with E-state index >= 15 is 0 Å². The number of carbonyl (C=O) groups excluding carboxylic acids is 1. The van der Waals surface area contributed by atoms with E-state index in [1.165, 1.54) is 32.1 Å². The Kier molecular flexibility index (Phi) is 6.33. The Morgan fingerprint density at radius 1 is 1.10 bits per heavy atom. The van der Waals surface area contributed by atoms with Crippen LogP contribution in [0, 0.1) is 5.92 Å². The number of amides is 1. The van der Waals surface area contributed by atoms with Gasteiger partial charge in [-0.1, -0.05) is 25.7 Å². The standard InChI is InChI=1S/C16H30N4O/c1-14(21)19-10-5-11-20(13-12-19)16(17)18-9-4-8-15-6-2-3-7-15/h15H,2-13H2,1H3,(H2,17,18). The van der Waals surface area contributed by atoms with Gasteiger partial charge in [0.2, 0.25) is 5.91 Å². The predicted molar refractivity (Wildman–Crippen MR) is 86.1 cm³/mol. The maximum absolute atomic E-state index is 11.4. The zero-order chi connectivity index (χ0) is 15.1. The maximum Gasteiger partial charge on any atom is 0.219 e. The van der Waals surface area contributed by atoms with Crippen molar-refractivity contribution in [2.75, 3.05) is 32.7 Å². The van der Waals surface area contributed by atoms with Gasteiger partial charge in [0, 0.05) is 39.6 Å². The molecular weight excluding hydrogens is 264 g/mol. The van der Waals surface area contributed by atoms with Gasteiger partial charge < -0.3 is 15.5 Å². The summed E-state index contributed by atoms with van der Waals surface area (Å²) in [7, 11) is 0. The van der Waals surface area contributed by atoms with Crippen molar-refractivity contribution in [3.63, 3.8) is 0 Å². The lowest BCUT2D eigenvalue weighted by atomic mass is 10.0. The van der Waals surface area contributed by atoms with Gasteiger partial charge in [-0.2, -0.15) is 0 Å². The van der Waals surface area contributed by atoms with E-state index in [9.17, 15) is 4.79 Å². The van der Waals surface area contributed by atoms with Gasteiger partial charge in [0.1, 0.15) is 0 Å². The molecule has 1 saturated carbocycles. The molecular formula is C16H30N4O. The van der Waals surface area contributed by atoms with Crippen molar-refractivity contribution in [3.8, 4) is 0 Å². The minimum atomic E-state index is 0.156. The molecule has 0 spiro atoms. The zero-order valence-corrected chi connectivity index (χ0v) is 13.4. The molecule has 120 valence electrons. The highest BCUT2D eigenvalue weighted by atomic mass is 16.2. The lowest BCUT2D eigenvalue weighted by Gasteiger charge is -2.22. The van der Waals surface area contributed by atoms with Crippen LogP contribution in [0.2, 0.25) is 0 Å². The Hall–Kier alpha value is -1.26. The summed E-state index contributed by atoms with van der Waals surface area (Å²) >= 11 is 0. The third-order valence-electron chi connectivity index (χ3n) is 4.78. The molecule has 1 aliphatic carbocycles. The van der Waals surface area contributed by atoms with Crippen LogP contribution in [0.3, 0.4) is 0 Å². The molecule has 1 aliphatic heterocycles. The summed E-state index contributed by atoms with van der Waals surface area (Å²) in [5, 5.41) is 0. The molecule has 2 fully saturated rings. The van der Waals surface area contributed by atoms with E-state index in [0.717, 1.165) is 51.5 Å². The van der Waals surface area contributed by atoms with Crippen LogP contribution in [-0.4, -0.2) is 54.4 Å². The van der Waals surface area contributed by atoms with Crippen molar-refractivity contribution in [2.24, 2.45) is 16.6 Å². The van der Waals surface area contributed by atoms with Crippen molar-refractivity contribution < 1.29 is 4.79 Å². The quantitative estimate of drug-likeness (QED) is 0.489. The lowest BCUT2D eigenvalue weighted by Crippen LogP contribution is -2.40. The van der Waals surface area contributed by atoms with Crippen molar-refractivity contribution >= 4 is 11.9 Å². The molecule has 0 unspecified atom stereocenters. The molecule has 2 N–H and O–H groups in total. The van der Waals surface area contributed by atoms with E-state index in [-0.39, 0.29) is 5.91 Å². The third kappa shape index (κ3) is 5.21. The summed E-state index contributed by atoms with van der Waals surface area (Å²) in [6.45, 7) is 5.78. The number of guanidine groups is 1. The second-order valence-electron chi connectivity index (χ2n) is 6.38. The lowest BCUT2D eigenvalue weighted by molar-refractivity contribution is -0.128. The van der Waals surface area contributed by atoms with Crippen molar-refractivity contribution in [1.82, 2.24) is 9.80 Å². The fraction of sp³-hybridized carbons (Fsp3) is 0.875. The minimum absolute atomic E-state index is 0.156. The van der Waals surface area contributed by atoms with Crippen molar-refractivity contribution in [1.29, 1.82) is 0 Å². The fourth-order valence-corrected chi connectivity index (χ4v) is 3.43. The molecule has 1 amide bonds. The van der Waals surface area contributed by atoms with Gasteiger partial charge >= 0.3 is 0 Å². The zero-order valence-electron chi connectivity index (χ0n) is 13.4. The fourth-order valence-electron chi connectivity index (χ4n) is 3.43. The SMILES string of the molecule is CC(=O)N1CCCN(C(N)=NCCCC2CCCC2)CC1. The second-order valence-corrected chi connectivity index (χ2v) is 6.38. The van der Waals surface area contributed by atoms with Gasteiger partial charge in [-0.05, 0) is 25.2 Å². The van der Waals surface area contributed by atoms with E-state index in [2.05, 4.69) is 9.89 Å². The Balaban J connectivity index is 1.69. The summed E-state index contributed by atoms with van der Waals surface area (Å²) < 4.78 is 0. The van der Waals surface area contributed by atoms with Crippen LogP contribution in [-0.2, 0) is 4.79 Å². The molecule has 0 aromatic heterocycles. The average molecular weight is 294 g/mol. The minimum Gasteiger partial charge on any atom is -0.370 e. The van der Waals surface area contributed by atoms with E-state index in [1.54, 1.807) is 6.92 Å².